The lowest BCUT2D eigenvalue weighted by Crippen LogP contribution is -1.91. The van der Waals surface area contributed by atoms with Gasteiger partial charge in [0.05, 0.1) is 17.4 Å². The van der Waals surface area contributed by atoms with Crippen LogP contribution in [0.15, 0.2) is 42.6 Å². The summed E-state index contributed by atoms with van der Waals surface area (Å²) in [5.41, 5.74) is 7.58. The second-order valence-corrected chi connectivity index (χ2v) is 3.72. The first kappa shape index (κ1) is 9.65. The number of fused-ring (bicyclic) bond motifs is 1. The van der Waals surface area contributed by atoms with Gasteiger partial charge in [0, 0.05) is 0 Å². The van der Waals surface area contributed by atoms with Crippen molar-refractivity contribution in [2.45, 2.75) is 0 Å². The Kier molecular flexibility index (Phi) is 1.98. The summed E-state index contributed by atoms with van der Waals surface area (Å²) in [6.07, 6.45) is 1.69. The maximum atomic E-state index is 9.73. The SMILES string of the molecule is Nc1ccc2nc(-c3ccccc3O)nn2c1. The number of rotatable bonds is 1. The molecule has 84 valence electrons. The second-order valence-electron chi connectivity index (χ2n) is 3.72. The summed E-state index contributed by atoms with van der Waals surface area (Å²) < 4.78 is 1.59. The molecule has 0 amide bonds. The first-order valence-corrected chi connectivity index (χ1v) is 5.14. The third kappa shape index (κ3) is 1.57. The molecular weight excluding hydrogens is 216 g/mol. The summed E-state index contributed by atoms with van der Waals surface area (Å²) in [5.74, 6) is 0.644. The van der Waals surface area contributed by atoms with Gasteiger partial charge in [0.1, 0.15) is 5.75 Å². The number of benzene rings is 1. The van der Waals surface area contributed by atoms with Gasteiger partial charge in [0.25, 0.3) is 0 Å². The average Bonchev–Trinajstić information content (AvgIpc) is 2.72. The standard InChI is InChI=1S/C12H10N4O/c13-8-5-6-11-14-12(15-16(11)7-8)9-3-1-2-4-10(9)17/h1-7,17H,13H2. The number of aromatic hydroxyl groups is 1. The van der Waals surface area contributed by atoms with E-state index in [0.717, 1.165) is 0 Å². The lowest BCUT2D eigenvalue weighted by molar-refractivity contribution is 0.477. The Morgan fingerprint density at radius 2 is 1.94 bits per heavy atom. The molecule has 0 radical (unpaired) electrons. The van der Waals surface area contributed by atoms with Crippen LogP contribution in [-0.2, 0) is 0 Å². The Morgan fingerprint density at radius 1 is 1.12 bits per heavy atom. The summed E-state index contributed by atoms with van der Waals surface area (Å²) >= 11 is 0. The lowest BCUT2D eigenvalue weighted by Gasteiger charge is -1.97. The molecular formula is C12H10N4O. The quantitative estimate of drug-likeness (QED) is 0.662. The van der Waals surface area contributed by atoms with E-state index < -0.39 is 0 Å². The molecule has 5 heteroatoms. The largest absolute Gasteiger partial charge is 0.507 e. The van der Waals surface area contributed by atoms with Crippen LogP contribution in [0.4, 0.5) is 5.69 Å². The van der Waals surface area contributed by atoms with Crippen molar-refractivity contribution in [2.24, 2.45) is 0 Å². The van der Waals surface area contributed by atoms with Gasteiger partial charge in [0.2, 0.25) is 0 Å². The molecule has 0 fully saturated rings. The van der Waals surface area contributed by atoms with Crippen LogP contribution < -0.4 is 5.73 Å². The number of aromatic nitrogens is 3. The second kappa shape index (κ2) is 3.48. The summed E-state index contributed by atoms with van der Waals surface area (Å²) in [4.78, 5) is 4.32. The van der Waals surface area contributed by atoms with Crippen molar-refractivity contribution in [1.29, 1.82) is 0 Å². The Labute approximate surface area is 97.1 Å². The van der Waals surface area contributed by atoms with Crippen LogP contribution in [-0.4, -0.2) is 19.7 Å². The van der Waals surface area contributed by atoms with Gasteiger partial charge in [-0.15, -0.1) is 5.10 Å². The Bertz CT molecular complexity index is 690. The van der Waals surface area contributed by atoms with Crippen molar-refractivity contribution in [1.82, 2.24) is 14.6 Å². The van der Waals surface area contributed by atoms with E-state index in [1.165, 1.54) is 0 Å². The Morgan fingerprint density at radius 3 is 2.76 bits per heavy atom. The maximum Gasteiger partial charge on any atom is 0.185 e. The normalized spacial score (nSPS) is 10.8. The minimum absolute atomic E-state index is 0.163. The molecule has 3 aromatic rings. The first-order chi connectivity index (χ1) is 8.24. The van der Waals surface area contributed by atoms with Crippen LogP contribution in [0.3, 0.4) is 0 Å². The fourth-order valence-electron chi connectivity index (χ4n) is 1.68. The highest BCUT2D eigenvalue weighted by molar-refractivity contribution is 5.65. The van der Waals surface area contributed by atoms with Gasteiger partial charge in [0.15, 0.2) is 11.5 Å². The number of nitrogen functional groups attached to an aromatic ring is 1. The molecule has 17 heavy (non-hydrogen) atoms. The molecule has 3 N–H and O–H groups in total. The van der Waals surface area contributed by atoms with Crippen molar-refractivity contribution in [3.63, 3.8) is 0 Å². The summed E-state index contributed by atoms with van der Waals surface area (Å²) in [6, 6.07) is 10.5. The number of nitrogens with two attached hydrogens (primary N) is 1. The molecule has 0 aliphatic heterocycles. The molecule has 0 aliphatic rings. The highest BCUT2D eigenvalue weighted by Gasteiger charge is 2.09. The van der Waals surface area contributed by atoms with Gasteiger partial charge < -0.3 is 10.8 Å². The smallest absolute Gasteiger partial charge is 0.185 e. The fourth-order valence-corrected chi connectivity index (χ4v) is 1.68. The van der Waals surface area contributed by atoms with Gasteiger partial charge in [-0.05, 0) is 24.3 Å². The van der Waals surface area contributed by atoms with Crippen LogP contribution in [0.5, 0.6) is 5.75 Å². The van der Waals surface area contributed by atoms with E-state index in [9.17, 15) is 5.11 Å². The van der Waals surface area contributed by atoms with E-state index in [-0.39, 0.29) is 5.75 Å². The summed E-state index contributed by atoms with van der Waals surface area (Å²) in [5, 5.41) is 14.0. The van der Waals surface area contributed by atoms with Crippen molar-refractivity contribution >= 4 is 11.3 Å². The lowest BCUT2D eigenvalue weighted by atomic mass is 10.2. The molecule has 0 atom stereocenters. The van der Waals surface area contributed by atoms with Gasteiger partial charge in [-0.2, -0.15) is 0 Å². The zero-order valence-electron chi connectivity index (χ0n) is 8.91. The van der Waals surface area contributed by atoms with Crippen molar-refractivity contribution < 1.29 is 5.11 Å². The molecule has 0 unspecified atom stereocenters. The van der Waals surface area contributed by atoms with Crippen molar-refractivity contribution in [2.75, 3.05) is 5.73 Å². The molecule has 0 bridgehead atoms. The predicted octanol–water partition coefficient (Wildman–Crippen LogP) is 1.68. The van der Waals surface area contributed by atoms with Crippen molar-refractivity contribution in [3.05, 3.63) is 42.6 Å². The molecule has 0 saturated heterocycles. The van der Waals surface area contributed by atoms with E-state index >= 15 is 0 Å². The molecule has 2 aromatic heterocycles. The number of nitrogens with zero attached hydrogens (tertiary/aromatic N) is 3. The summed E-state index contributed by atoms with van der Waals surface area (Å²) in [7, 11) is 0. The van der Waals surface area contributed by atoms with E-state index in [2.05, 4.69) is 10.1 Å². The minimum Gasteiger partial charge on any atom is -0.507 e. The number of hydrogen-bond acceptors (Lipinski definition) is 4. The minimum atomic E-state index is 0.163. The van der Waals surface area contributed by atoms with E-state index in [1.54, 1.807) is 41.0 Å². The molecule has 2 heterocycles. The molecule has 1 aromatic carbocycles. The number of phenolic OH excluding ortho intramolecular Hbond substituents is 1. The Hall–Kier alpha value is -2.56. The number of phenols is 1. The van der Waals surface area contributed by atoms with Crippen molar-refractivity contribution in [3.8, 4) is 17.1 Å². The highest BCUT2D eigenvalue weighted by atomic mass is 16.3. The monoisotopic (exact) mass is 226 g/mol. The van der Waals surface area contributed by atoms with Crippen LogP contribution >= 0.6 is 0 Å². The number of para-hydroxylation sites is 1. The Balaban J connectivity index is 2.22. The zero-order chi connectivity index (χ0) is 11.8. The molecule has 3 rings (SSSR count). The van der Waals surface area contributed by atoms with Crippen LogP contribution in [0.2, 0.25) is 0 Å². The molecule has 0 aliphatic carbocycles. The summed E-state index contributed by atoms with van der Waals surface area (Å²) in [6.45, 7) is 0. The predicted molar refractivity (Wildman–Crippen MR) is 64.5 cm³/mol. The molecule has 0 spiro atoms. The van der Waals surface area contributed by atoms with Gasteiger partial charge >= 0.3 is 0 Å². The van der Waals surface area contributed by atoms with Gasteiger partial charge in [-0.3, -0.25) is 0 Å². The number of anilines is 1. The highest BCUT2D eigenvalue weighted by Crippen LogP contribution is 2.26. The zero-order valence-corrected chi connectivity index (χ0v) is 8.91. The molecule has 5 nitrogen and oxygen atoms in total. The fraction of sp³-hybridized carbons (Fsp3) is 0. The van der Waals surface area contributed by atoms with E-state index in [4.69, 9.17) is 5.73 Å². The molecule has 0 saturated carbocycles. The van der Waals surface area contributed by atoms with Crippen LogP contribution in [0.1, 0.15) is 0 Å². The maximum absolute atomic E-state index is 9.73. The van der Waals surface area contributed by atoms with Crippen LogP contribution in [0.25, 0.3) is 17.0 Å². The third-order valence-corrected chi connectivity index (χ3v) is 2.50. The third-order valence-electron chi connectivity index (χ3n) is 2.50. The first-order valence-electron chi connectivity index (χ1n) is 5.14. The number of pyridine rings is 1. The van der Waals surface area contributed by atoms with E-state index in [1.807, 2.05) is 6.07 Å². The topological polar surface area (TPSA) is 76.4 Å². The van der Waals surface area contributed by atoms with Gasteiger partial charge in [-0.25, -0.2) is 9.50 Å². The van der Waals surface area contributed by atoms with E-state index in [0.29, 0.717) is 22.7 Å². The number of hydrogen-bond donors (Lipinski definition) is 2. The van der Waals surface area contributed by atoms with Crippen LogP contribution in [0, 0.1) is 0 Å². The van der Waals surface area contributed by atoms with Gasteiger partial charge in [-0.1, -0.05) is 12.1 Å². The average molecular weight is 226 g/mol.